The predicted molar refractivity (Wildman–Crippen MR) is 79.9 cm³/mol. The van der Waals surface area contributed by atoms with Crippen LogP contribution < -0.4 is 0 Å². The monoisotopic (exact) mass is 290 g/mol. The third kappa shape index (κ3) is 3.42. The molecule has 1 aromatic carbocycles. The lowest BCUT2D eigenvalue weighted by Crippen LogP contribution is -2.50. The number of carboxylic acid groups (broad SMARTS) is 1. The molecule has 0 saturated carbocycles. The van der Waals surface area contributed by atoms with Gasteiger partial charge in [-0.1, -0.05) is 24.3 Å². The van der Waals surface area contributed by atoms with Crippen molar-refractivity contribution in [3.63, 3.8) is 0 Å². The molecular formula is C16H22N2O3. The van der Waals surface area contributed by atoms with Crippen molar-refractivity contribution in [2.75, 3.05) is 13.6 Å². The van der Waals surface area contributed by atoms with Crippen molar-refractivity contribution in [1.82, 2.24) is 9.80 Å². The number of benzene rings is 1. The summed E-state index contributed by atoms with van der Waals surface area (Å²) in [6, 6.07) is 7.30. The van der Waals surface area contributed by atoms with Crippen LogP contribution >= 0.6 is 0 Å². The van der Waals surface area contributed by atoms with Gasteiger partial charge < -0.3 is 10.0 Å². The Kier molecular flexibility index (Phi) is 4.63. The van der Waals surface area contributed by atoms with Gasteiger partial charge in [-0.15, -0.1) is 0 Å². The number of fused-ring (bicyclic) bond motifs is 1. The van der Waals surface area contributed by atoms with Crippen LogP contribution in [0.4, 0.5) is 0 Å². The van der Waals surface area contributed by atoms with E-state index in [1.165, 1.54) is 0 Å². The van der Waals surface area contributed by atoms with Crippen molar-refractivity contribution in [1.29, 1.82) is 0 Å². The number of amides is 1. The van der Waals surface area contributed by atoms with Gasteiger partial charge in [0, 0.05) is 19.6 Å². The molecule has 1 atom stereocenters. The van der Waals surface area contributed by atoms with Gasteiger partial charge in [-0.2, -0.15) is 0 Å². The average Bonchev–Trinajstić information content (AvgIpc) is 2.45. The van der Waals surface area contributed by atoms with Gasteiger partial charge in [-0.05, 0) is 31.4 Å². The molecule has 114 valence electrons. The molecule has 0 aromatic heterocycles. The van der Waals surface area contributed by atoms with Crippen LogP contribution in [0.1, 0.15) is 25.0 Å². The summed E-state index contributed by atoms with van der Waals surface area (Å²) in [5.41, 5.74) is 2.17. The Labute approximate surface area is 125 Å². The van der Waals surface area contributed by atoms with Gasteiger partial charge in [-0.3, -0.25) is 14.5 Å². The van der Waals surface area contributed by atoms with Crippen molar-refractivity contribution < 1.29 is 14.7 Å². The van der Waals surface area contributed by atoms with Crippen LogP contribution in [0.2, 0.25) is 0 Å². The number of carboxylic acids is 1. The fourth-order valence-electron chi connectivity index (χ4n) is 2.56. The summed E-state index contributed by atoms with van der Waals surface area (Å²) < 4.78 is 0. The lowest BCUT2D eigenvalue weighted by atomic mass is 9.94. The Morgan fingerprint density at radius 3 is 2.52 bits per heavy atom. The molecule has 1 N–H and O–H groups in total. The third-order valence-corrected chi connectivity index (χ3v) is 4.14. The first-order chi connectivity index (χ1) is 9.90. The molecule has 0 aliphatic carbocycles. The van der Waals surface area contributed by atoms with Crippen LogP contribution in [0.5, 0.6) is 0 Å². The lowest BCUT2D eigenvalue weighted by molar-refractivity contribution is -0.145. The third-order valence-electron chi connectivity index (χ3n) is 4.14. The van der Waals surface area contributed by atoms with Crippen molar-refractivity contribution >= 4 is 11.9 Å². The van der Waals surface area contributed by atoms with Gasteiger partial charge in [0.1, 0.15) is 6.04 Å². The number of carbonyl (C=O) groups excluding carboxylic acids is 1. The Morgan fingerprint density at radius 2 is 1.95 bits per heavy atom. The first-order valence-electron chi connectivity index (χ1n) is 7.19. The molecule has 0 spiro atoms. The van der Waals surface area contributed by atoms with Crippen LogP contribution in [-0.4, -0.2) is 52.5 Å². The molecule has 1 heterocycles. The van der Waals surface area contributed by atoms with E-state index in [0.29, 0.717) is 13.0 Å². The number of hydrogen-bond acceptors (Lipinski definition) is 3. The molecule has 1 amide bonds. The molecule has 0 fully saturated rings. The lowest BCUT2D eigenvalue weighted by Gasteiger charge is -2.35. The predicted octanol–water partition coefficient (Wildman–Crippen LogP) is 1.36. The fraction of sp³-hybridized carbons (Fsp3) is 0.500. The van der Waals surface area contributed by atoms with Crippen LogP contribution in [0.3, 0.4) is 0 Å². The molecule has 1 aromatic rings. The standard InChI is InChI=1S/C16H22N2O3/c1-11(2)17(3)15(19)10-18-9-13-7-5-4-6-12(13)8-14(18)16(20)21/h4-7,11,14H,8-10H2,1-3H3,(H,20,21). The molecule has 5 nitrogen and oxygen atoms in total. The number of aliphatic carboxylic acids is 1. The smallest absolute Gasteiger partial charge is 0.321 e. The highest BCUT2D eigenvalue weighted by molar-refractivity contribution is 5.80. The fourth-order valence-corrected chi connectivity index (χ4v) is 2.56. The molecule has 2 rings (SSSR count). The maximum absolute atomic E-state index is 12.2. The second kappa shape index (κ2) is 6.26. The van der Waals surface area contributed by atoms with E-state index in [9.17, 15) is 14.7 Å². The maximum Gasteiger partial charge on any atom is 0.321 e. The summed E-state index contributed by atoms with van der Waals surface area (Å²) in [6.45, 7) is 4.53. The van der Waals surface area contributed by atoms with Gasteiger partial charge in [0.25, 0.3) is 0 Å². The summed E-state index contributed by atoms with van der Waals surface area (Å²) >= 11 is 0. The number of likely N-dealkylation sites (N-methyl/N-ethyl adjacent to an activating group) is 1. The van der Waals surface area contributed by atoms with E-state index in [4.69, 9.17) is 0 Å². The average molecular weight is 290 g/mol. The minimum absolute atomic E-state index is 0.0457. The number of hydrogen-bond donors (Lipinski definition) is 1. The SMILES string of the molecule is CC(C)N(C)C(=O)CN1Cc2ccccc2CC1C(=O)O. The topological polar surface area (TPSA) is 60.9 Å². The summed E-state index contributed by atoms with van der Waals surface area (Å²) in [5, 5.41) is 9.43. The highest BCUT2D eigenvalue weighted by Gasteiger charge is 2.33. The summed E-state index contributed by atoms with van der Waals surface area (Å²) in [6.07, 6.45) is 0.449. The van der Waals surface area contributed by atoms with E-state index in [1.807, 2.05) is 38.1 Å². The van der Waals surface area contributed by atoms with Crippen molar-refractivity contribution in [2.24, 2.45) is 0 Å². The van der Waals surface area contributed by atoms with E-state index in [0.717, 1.165) is 11.1 Å². The highest BCUT2D eigenvalue weighted by atomic mass is 16.4. The van der Waals surface area contributed by atoms with Gasteiger partial charge in [0.2, 0.25) is 5.91 Å². The van der Waals surface area contributed by atoms with E-state index in [2.05, 4.69) is 0 Å². The van der Waals surface area contributed by atoms with Crippen molar-refractivity contribution in [3.8, 4) is 0 Å². The van der Waals surface area contributed by atoms with Gasteiger partial charge in [-0.25, -0.2) is 0 Å². The van der Waals surface area contributed by atoms with Gasteiger partial charge in [0.15, 0.2) is 0 Å². The number of rotatable bonds is 4. The van der Waals surface area contributed by atoms with E-state index < -0.39 is 12.0 Å². The molecule has 1 aliphatic heterocycles. The molecule has 0 bridgehead atoms. The zero-order valence-electron chi connectivity index (χ0n) is 12.7. The van der Waals surface area contributed by atoms with Crippen LogP contribution in [0.15, 0.2) is 24.3 Å². The van der Waals surface area contributed by atoms with E-state index in [1.54, 1.807) is 16.8 Å². The molecule has 0 saturated heterocycles. The highest BCUT2D eigenvalue weighted by Crippen LogP contribution is 2.23. The van der Waals surface area contributed by atoms with Crippen LogP contribution in [-0.2, 0) is 22.6 Å². The normalized spacial score (nSPS) is 18.4. The molecular weight excluding hydrogens is 268 g/mol. The van der Waals surface area contributed by atoms with Gasteiger partial charge in [0.05, 0.1) is 6.54 Å². The maximum atomic E-state index is 12.2. The summed E-state index contributed by atoms with van der Waals surface area (Å²) in [5.74, 6) is -0.917. The zero-order valence-corrected chi connectivity index (χ0v) is 12.7. The zero-order chi connectivity index (χ0) is 15.6. The Hall–Kier alpha value is -1.88. The van der Waals surface area contributed by atoms with E-state index in [-0.39, 0.29) is 18.5 Å². The molecule has 1 aliphatic rings. The van der Waals surface area contributed by atoms with E-state index >= 15 is 0 Å². The molecule has 1 unspecified atom stereocenters. The first-order valence-corrected chi connectivity index (χ1v) is 7.19. The summed E-state index contributed by atoms with van der Waals surface area (Å²) in [7, 11) is 1.75. The Morgan fingerprint density at radius 1 is 1.33 bits per heavy atom. The number of nitrogens with zero attached hydrogens (tertiary/aromatic N) is 2. The second-order valence-corrected chi connectivity index (χ2v) is 5.83. The van der Waals surface area contributed by atoms with Gasteiger partial charge >= 0.3 is 5.97 Å². The largest absolute Gasteiger partial charge is 0.480 e. The van der Waals surface area contributed by atoms with Crippen molar-refractivity contribution in [2.45, 2.75) is 38.9 Å². The second-order valence-electron chi connectivity index (χ2n) is 5.83. The van der Waals surface area contributed by atoms with Crippen molar-refractivity contribution in [3.05, 3.63) is 35.4 Å². The number of carbonyl (C=O) groups is 2. The van der Waals surface area contributed by atoms with Crippen LogP contribution in [0, 0.1) is 0 Å². The Bertz CT molecular complexity index is 542. The first kappa shape index (κ1) is 15.5. The Balaban J connectivity index is 2.17. The minimum Gasteiger partial charge on any atom is -0.480 e. The minimum atomic E-state index is -0.871. The molecule has 5 heteroatoms. The van der Waals surface area contributed by atoms with Crippen LogP contribution in [0.25, 0.3) is 0 Å². The quantitative estimate of drug-likeness (QED) is 0.909. The molecule has 0 radical (unpaired) electrons. The molecule has 21 heavy (non-hydrogen) atoms. The summed E-state index contributed by atoms with van der Waals surface area (Å²) in [4.78, 5) is 27.1.